The van der Waals surface area contributed by atoms with E-state index in [2.05, 4.69) is 46.0 Å². The van der Waals surface area contributed by atoms with Crippen LogP contribution in [-0.2, 0) is 21.2 Å². The van der Waals surface area contributed by atoms with Crippen molar-refractivity contribution in [2.24, 2.45) is 9.81 Å². The third kappa shape index (κ3) is 4.92. The van der Waals surface area contributed by atoms with Gasteiger partial charge in [0.1, 0.15) is 0 Å². The van der Waals surface area contributed by atoms with Crippen molar-refractivity contribution >= 4 is 39.7 Å². The molecule has 0 bridgehead atoms. The van der Waals surface area contributed by atoms with Gasteiger partial charge in [-0.1, -0.05) is 41.6 Å². The van der Waals surface area contributed by atoms with Gasteiger partial charge in [0.2, 0.25) is 0 Å². The fraction of sp³-hybridized carbons (Fsp3) is 0.650. The van der Waals surface area contributed by atoms with Crippen molar-refractivity contribution < 1.29 is 13.2 Å². The first-order valence-corrected chi connectivity index (χ1v) is 15.8. The second kappa shape index (κ2) is 7.73. The summed E-state index contributed by atoms with van der Waals surface area (Å²) in [7, 11) is -3.15. The second-order valence-electron chi connectivity index (χ2n) is 9.23. The van der Waals surface area contributed by atoms with Crippen LogP contribution in [-0.4, -0.2) is 41.2 Å². The number of hydrogen-bond donors (Lipinski definition) is 0. The molecule has 7 heteroatoms. The Bertz CT molecular complexity index is 837. The summed E-state index contributed by atoms with van der Waals surface area (Å²) in [5.41, 5.74) is 2.86. The predicted octanol–water partition coefficient (Wildman–Crippen LogP) is 5.04. The number of sulfonamides is 1. The number of ether oxygens (including phenoxy) is 1. The quantitative estimate of drug-likeness (QED) is 0.565. The van der Waals surface area contributed by atoms with Gasteiger partial charge in [-0.3, -0.25) is 0 Å². The monoisotopic (exact) mass is 471 g/mol. The van der Waals surface area contributed by atoms with Crippen LogP contribution in [0, 0.1) is 5.41 Å². The highest BCUT2D eigenvalue weighted by atomic mass is 79.9. The van der Waals surface area contributed by atoms with Gasteiger partial charge in [-0.15, -0.1) is 0 Å². The minimum atomic E-state index is -3.47. The molecule has 150 valence electrons. The Labute approximate surface area is 173 Å². The smallest absolute Gasteiger partial charge is 0.253 e. The van der Waals surface area contributed by atoms with E-state index < -0.39 is 18.1 Å². The molecule has 0 radical (unpaired) electrons. The molecule has 0 atom stereocenters. The zero-order valence-electron chi connectivity index (χ0n) is 16.7. The van der Waals surface area contributed by atoms with Gasteiger partial charge in [-0.2, -0.15) is 4.40 Å². The molecule has 1 aromatic rings. The molecule has 0 amide bonds. The lowest BCUT2D eigenvalue weighted by Gasteiger charge is -2.37. The molecule has 2 aliphatic carbocycles. The highest BCUT2D eigenvalue weighted by molar-refractivity contribution is 9.10. The fourth-order valence-electron chi connectivity index (χ4n) is 4.22. The van der Waals surface area contributed by atoms with E-state index in [1.165, 1.54) is 5.56 Å². The molecule has 3 rings (SSSR count). The Morgan fingerprint density at radius 1 is 1.26 bits per heavy atom. The molecule has 4 nitrogen and oxygen atoms in total. The number of halogens is 1. The highest BCUT2D eigenvalue weighted by Crippen LogP contribution is 2.49. The van der Waals surface area contributed by atoms with Crippen molar-refractivity contribution in [3.8, 4) is 0 Å². The summed E-state index contributed by atoms with van der Waals surface area (Å²) in [4.78, 5) is 0. The average Bonchev–Trinajstić information content (AvgIpc) is 2.86. The first-order chi connectivity index (χ1) is 12.5. The first kappa shape index (κ1) is 21.2. The predicted molar refractivity (Wildman–Crippen MR) is 118 cm³/mol. The van der Waals surface area contributed by atoms with Crippen LogP contribution in [0.3, 0.4) is 0 Å². The lowest BCUT2D eigenvalue weighted by Crippen LogP contribution is -2.36. The molecule has 2 aliphatic rings. The summed E-state index contributed by atoms with van der Waals surface area (Å²) in [6.07, 6.45) is 4.93. The maximum atomic E-state index is 12.9. The van der Waals surface area contributed by atoms with E-state index in [0.717, 1.165) is 53.9 Å². The summed E-state index contributed by atoms with van der Waals surface area (Å²) >= 11 is 3.54. The van der Waals surface area contributed by atoms with Crippen molar-refractivity contribution in [2.75, 3.05) is 12.9 Å². The van der Waals surface area contributed by atoms with E-state index in [-0.39, 0.29) is 17.3 Å². The Morgan fingerprint density at radius 3 is 2.52 bits per heavy atom. The molecule has 1 fully saturated rings. The van der Waals surface area contributed by atoms with Crippen LogP contribution in [0.1, 0.15) is 36.8 Å². The van der Waals surface area contributed by atoms with Crippen molar-refractivity contribution in [3.63, 3.8) is 0 Å². The highest BCUT2D eigenvalue weighted by Gasteiger charge is 2.46. The van der Waals surface area contributed by atoms with E-state index in [9.17, 15) is 8.42 Å². The van der Waals surface area contributed by atoms with E-state index in [1.807, 2.05) is 12.1 Å². The number of rotatable bonds is 5. The number of benzene rings is 1. The van der Waals surface area contributed by atoms with Crippen LogP contribution in [0.15, 0.2) is 27.1 Å². The minimum absolute atomic E-state index is 0.159. The van der Waals surface area contributed by atoms with Crippen LogP contribution in [0.5, 0.6) is 0 Å². The van der Waals surface area contributed by atoms with Gasteiger partial charge in [0.25, 0.3) is 10.0 Å². The first-order valence-electron chi connectivity index (χ1n) is 9.68. The maximum absolute atomic E-state index is 12.9. The molecule has 1 aromatic carbocycles. The lowest BCUT2D eigenvalue weighted by atomic mass is 9.70. The molecule has 1 saturated carbocycles. The van der Waals surface area contributed by atoms with Crippen molar-refractivity contribution in [2.45, 2.75) is 63.9 Å². The lowest BCUT2D eigenvalue weighted by molar-refractivity contribution is 0.0468. The number of fused-ring (bicyclic) bond motifs is 1. The van der Waals surface area contributed by atoms with Crippen molar-refractivity contribution in [3.05, 3.63) is 33.8 Å². The number of methoxy groups -OCH3 is 1. The van der Waals surface area contributed by atoms with E-state index >= 15 is 0 Å². The van der Waals surface area contributed by atoms with Gasteiger partial charge < -0.3 is 4.74 Å². The third-order valence-electron chi connectivity index (χ3n) is 5.92. The molecule has 0 N–H and O–H groups in total. The van der Waals surface area contributed by atoms with Gasteiger partial charge in [-0.05, 0) is 55.8 Å². The van der Waals surface area contributed by atoms with E-state index in [0.29, 0.717) is 0 Å². The van der Waals surface area contributed by atoms with Crippen LogP contribution < -0.4 is 0 Å². The maximum Gasteiger partial charge on any atom is 0.253 e. The van der Waals surface area contributed by atoms with Gasteiger partial charge >= 0.3 is 0 Å². The summed E-state index contributed by atoms with van der Waals surface area (Å²) in [6, 6.07) is 6.94. The zero-order valence-corrected chi connectivity index (χ0v) is 20.1. The summed E-state index contributed by atoms with van der Waals surface area (Å²) in [6.45, 7) is 6.60. The Balaban J connectivity index is 1.99. The molecule has 0 aromatic heterocycles. The molecule has 0 unspecified atom stereocenters. The molecule has 1 spiro atoms. The molecule has 0 saturated heterocycles. The number of nitrogens with zero attached hydrogens (tertiary/aromatic N) is 1. The zero-order chi connectivity index (χ0) is 19.9. The topological polar surface area (TPSA) is 55.7 Å². The van der Waals surface area contributed by atoms with Gasteiger partial charge in [0, 0.05) is 30.6 Å². The van der Waals surface area contributed by atoms with Crippen molar-refractivity contribution in [1.29, 1.82) is 0 Å². The van der Waals surface area contributed by atoms with Crippen LogP contribution in [0.2, 0.25) is 25.7 Å². The standard InChI is InChI=1S/C20H30BrNO3SSi/c1-25-17-7-9-20(10-8-17)14-15-5-6-16(21)13-18(15)19(20)22-26(23,24)11-12-27(2,3)4/h5-6,13,17H,7-12,14H2,1-4H3/b22-19+. The SMILES string of the molecule is COC1CCC2(CC1)Cc1ccc(Br)cc1/C2=N\S(=O)(=O)CC[Si](C)(C)C. The third-order valence-corrected chi connectivity index (χ3v) is 9.71. The minimum Gasteiger partial charge on any atom is -0.381 e. The Morgan fingerprint density at radius 2 is 1.93 bits per heavy atom. The molecular formula is C20H30BrNO3SSi. The molecule has 0 aliphatic heterocycles. The number of hydrogen-bond acceptors (Lipinski definition) is 3. The summed E-state index contributed by atoms with van der Waals surface area (Å²) < 4.78 is 36.7. The Hall–Kier alpha value is -0.503. The van der Waals surface area contributed by atoms with Gasteiger partial charge in [0.05, 0.1) is 17.6 Å². The van der Waals surface area contributed by atoms with Crippen LogP contribution >= 0.6 is 15.9 Å². The molecule has 27 heavy (non-hydrogen) atoms. The van der Waals surface area contributed by atoms with Crippen LogP contribution in [0.4, 0.5) is 0 Å². The molecule has 0 heterocycles. The van der Waals surface area contributed by atoms with E-state index in [4.69, 9.17) is 4.74 Å². The summed E-state index contributed by atoms with van der Waals surface area (Å²) in [5, 5.41) is 0. The molecular weight excluding hydrogens is 442 g/mol. The van der Waals surface area contributed by atoms with Gasteiger partial charge in [0.15, 0.2) is 0 Å². The summed E-state index contributed by atoms with van der Waals surface area (Å²) in [5.74, 6) is 0.159. The second-order valence-corrected chi connectivity index (χ2v) is 17.5. The average molecular weight is 473 g/mol. The fourth-order valence-corrected chi connectivity index (χ4v) is 8.72. The Kier molecular flexibility index (Phi) is 6.07. The van der Waals surface area contributed by atoms with Gasteiger partial charge in [-0.25, -0.2) is 8.42 Å². The van der Waals surface area contributed by atoms with Crippen molar-refractivity contribution in [1.82, 2.24) is 0 Å². The van der Waals surface area contributed by atoms with E-state index in [1.54, 1.807) is 7.11 Å². The van der Waals surface area contributed by atoms with Crippen LogP contribution in [0.25, 0.3) is 0 Å². The normalized spacial score (nSPS) is 27.3. The largest absolute Gasteiger partial charge is 0.381 e.